The molecule has 0 aliphatic carbocycles. The smallest absolute Gasteiger partial charge is 0.237 e. The van der Waals surface area contributed by atoms with Crippen LogP contribution < -0.4 is 10.1 Å². The quantitative estimate of drug-likeness (QED) is 0.625. The number of rotatable bonds is 6. The first-order chi connectivity index (χ1) is 12.6. The summed E-state index contributed by atoms with van der Waals surface area (Å²) in [5, 5.41) is 3.73. The molecule has 0 bridgehead atoms. The summed E-state index contributed by atoms with van der Waals surface area (Å²) in [6.07, 6.45) is 3.57. The average molecular weight is 388 g/mol. The lowest BCUT2D eigenvalue weighted by molar-refractivity contribution is -0.115. The molecule has 2 aromatic carbocycles. The topological polar surface area (TPSA) is 56.2 Å². The minimum atomic E-state index is -0.349. The third-order valence-corrected chi connectivity index (χ3v) is 5.13. The summed E-state index contributed by atoms with van der Waals surface area (Å²) in [5.74, 6) is 0.625. The fourth-order valence-corrected chi connectivity index (χ4v) is 3.41. The van der Waals surface area contributed by atoms with Crippen LogP contribution in [-0.4, -0.2) is 27.8 Å². The van der Waals surface area contributed by atoms with Crippen LogP contribution in [0.4, 0.5) is 5.69 Å². The summed E-state index contributed by atoms with van der Waals surface area (Å²) in [6.45, 7) is 1.83. The predicted molar refractivity (Wildman–Crippen MR) is 106 cm³/mol. The monoisotopic (exact) mass is 387 g/mol. The number of carbonyl (C=O) groups is 1. The minimum Gasteiger partial charge on any atom is -0.497 e. The zero-order valence-electron chi connectivity index (χ0n) is 14.3. The molecule has 1 N–H and O–H groups in total. The number of halogens is 1. The van der Waals surface area contributed by atoms with Gasteiger partial charge < -0.3 is 10.1 Å². The first-order valence-corrected chi connectivity index (χ1v) is 9.24. The molecule has 1 unspecified atom stereocenters. The summed E-state index contributed by atoms with van der Waals surface area (Å²) in [6, 6.07) is 14.8. The van der Waals surface area contributed by atoms with Gasteiger partial charge in [0.1, 0.15) is 5.75 Å². The van der Waals surface area contributed by atoms with Crippen LogP contribution in [-0.2, 0) is 4.79 Å². The maximum Gasteiger partial charge on any atom is 0.237 e. The van der Waals surface area contributed by atoms with Crippen LogP contribution in [0.1, 0.15) is 6.92 Å². The van der Waals surface area contributed by atoms with Crippen LogP contribution in [0.2, 0.25) is 5.02 Å². The van der Waals surface area contributed by atoms with Crippen LogP contribution >= 0.6 is 23.4 Å². The molecule has 0 spiro atoms. The van der Waals surface area contributed by atoms with Gasteiger partial charge in [-0.15, -0.1) is 0 Å². The minimum absolute atomic E-state index is 0.136. The van der Waals surface area contributed by atoms with Gasteiger partial charge >= 0.3 is 0 Å². The average Bonchev–Trinajstić information content (AvgIpc) is 3.11. The molecule has 7 heteroatoms. The molecule has 0 radical (unpaired) electrons. The van der Waals surface area contributed by atoms with Crippen molar-refractivity contribution < 1.29 is 9.53 Å². The number of ether oxygens (including phenoxy) is 1. The van der Waals surface area contributed by atoms with E-state index in [0.717, 1.165) is 16.6 Å². The number of amides is 1. The Morgan fingerprint density at radius 2 is 2.08 bits per heavy atom. The summed E-state index contributed by atoms with van der Waals surface area (Å²) < 4.78 is 7.20. The van der Waals surface area contributed by atoms with Crippen LogP contribution in [0.3, 0.4) is 0 Å². The first kappa shape index (κ1) is 18.4. The molecule has 5 nitrogen and oxygen atoms in total. The van der Waals surface area contributed by atoms with Gasteiger partial charge in [0.05, 0.1) is 28.8 Å². The van der Waals surface area contributed by atoms with Gasteiger partial charge in [0.15, 0.2) is 5.16 Å². The second kappa shape index (κ2) is 8.29. The van der Waals surface area contributed by atoms with Crippen molar-refractivity contribution in [2.45, 2.75) is 17.3 Å². The lowest BCUT2D eigenvalue weighted by Gasteiger charge is -2.14. The lowest BCUT2D eigenvalue weighted by Crippen LogP contribution is -2.23. The van der Waals surface area contributed by atoms with E-state index in [1.165, 1.54) is 11.8 Å². The number of imidazole rings is 1. The molecule has 3 aromatic rings. The van der Waals surface area contributed by atoms with Gasteiger partial charge in [-0.2, -0.15) is 0 Å². The second-order valence-corrected chi connectivity index (χ2v) is 7.23. The number of anilines is 1. The Balaban J connectivity index is 1.74. The Bertz CT molecular complexity index is 913. The molecule has 134 valence electrons. The molecular weight excluding hydrogens is 370 g/mol. The fraction of sp³-hybridized carbons (Fsp3) is 0.158. The van der Waals surface area contributed by atoms with E-state index in [1.807, 2.05) is 54.1 Å². The SMILES string of the molecule is COc1cccc(-n2ccnc2SC(C)C(=O)Nc2ccccc2Cl)c1. The Hall–Kier alpha value is -2.44. The Morgan fingerprint density at radius 3 is 2.85 bits per heavy atom. The number of methoxy groups -OCH3 is 1. The Morgan fingerprint density at radius 1 is 1.27 bits per heavy atom. The van der Waals surface area contributed by atoms with E-state index in [-0.39, 0.29) is 11.2 Å². The lowest BCUT2D eigenvalue weighted by atomic mass is 10.3. The highest BCUT2D eigenvalue weighted by Gasteiger charge is 2.18. The van der Waals surface area contributed by atoms with Crippen LogP contribution in [0, 0.1) is 0 Å². The third kappa shape index (κ3) is 4.20. The molecular formula is C19H18ClN3O2S. The summed E-state index contributed by atoms with van der Waals surface area (Å²) >= 11 is 7.47. The Kier molecular flexibility index (Phi) is 5.85. The van der Waals surface area contributed by atoms with Gasteiger partial charge in [-0.05, 0) is 31.2 Å². The standard InChI is InChI=1S/C19H18ClN3O2S/c1-13(18(24)22-17-9-4-3-8-16(17)20)26-19-21-10-11-23(19)14-6-5-7-15(12-14)25-2/h3-13H,1-2H3,(H,22,24). The number of aromatic nitrogens is 2. The first-order valence-electron chi connectivity index (χ1n) is 7.98. The summed E-state index contributed by atoms with van der Waals surface area (Å²) in [4.78, 5) is 16.9. The van der Waals surface area contributed by atoms with E-state index in [9.17, 15) is 4.79 Å². The molecule has 0 saturated heterocycles. The molecule has 1 amide bonds. The van der Waals surface area contributed by atoms with Crippen molar-refractivity contribution >= 4 is 35.0 Å². The van der Waals surface area contributed by atoms with Crippen molar-refractivity contribution in [3.05, 3.63) is 65.9 Å². The molecule has 1 aromatic heterocycles. The van der Waals surface area contributed by atoms with Crippen LogP contribution in [0.25, 0.3) is 5.69 Å². The van der Waals surface area contributed by atoms with Crippen molar-refractivity contribution in [2.24, 2.45) is 0 Å². The number of hydrogen-bond acceptors (Lipinski definition) is 4. The zero-order chi connectivity index (χ0) is 18.5. The molecule has 0 aliphatic heterocycles. The van der Waals surface area contributed by atoms with E-state index >= 15 is 0 Å². The Labute approximate surface area is 161 Å². The van der Waals surface area contributed by atoms with Crippen molar-refractivity contribution in [1.29, 1.82) is 0 Å². The number of benzene rings is 2. The largest absolute Gasteiger partial charge is 0.497 e. The molecule has 1 heterocycles. The maximum absolute atomic E-state index is 12.5. The molecule has 3 rings (SSSR count). The second-order valence-electron chi connectivity index (χ2n) is 5.51. The van der Waals surface area contributed by atoms with Gasteiger partial charge in [0.2, 0.25) is 5.91 Å². The third-order valence-electron chi connectivity index (χ3n) is 3.72. The number of para-hydroxylation sites is 1. The fourth-order valence-electron chi connectivity index (χ4n) is 2.34. The number of thioether (sulfide) groups is 1. The number of carbonyl (C=O) groups excluding carboxylic acids is 1. The van der Waals surface area contributed by atoms with E-state index < -0.39 is 0 Å². The molecule has 0 fully saturated rings. The normalized spacial score (nSPS) is 11.8. The van der Waals surface area contributed by atoms with Gasteiger partial charge in [-0.1, -0.05) is 41.6 Å². The number of hydrogen-bond donors (Lipinski definition) is 1. The van der Waals surface area contributed by atoms with E-state index in [2.05, 4.69) is 10.3 Å². The highest BCUT2D eigenvalue weighted by atomic mass is 35.5. The van der Waals surface area contributed by atoms with Crippen molar-refractivity contribution in [3.8, 4) is 11.4 Å². The van der Waals surface area contributed by atoms with Gasteiger partial charge in [0, 0.05) is 18.5 Å². The molecule has 0 saturated carbocycles. The highest BCUT2D eigenvalue weighted by molar-refractivity contribution is 8.00. The van der Waals surface area contributed by atoms with Gasteiger partial charge in [-0.3, -0.25) is 9.36 Å². The maximum atomic E-state index is 12.5. The zero-order valence-corrected chi connectivity index (χ0v) is 15.9. The predicted octanol–water partition coefficient (Wildman–Crippen LogP) is 4.65. The van der Waals surface area contributed by atoms with Gasteiger partial charge in [0.25, 0.3) is 0 Å². The van der Waals surface area contributed by atoms with Crippen molar-refractivity contribution in [2.75, 3.05) is 12.4 Å². The van der Waals surface area contributed by atoms with E-state index in [4.69, 9.17) is 16.3 Å². The van der Waals surface area contributed by atoms with E-state index in [0.29, 0.717) is 10.7 Å². The summed E-state index contributed by atoms with van der Waals surface area (Å²) in [5.41, 5.74) is 1.52. The van der Waals surface area contributed by atoms with E-state index in [1.54, 1.807) is 25.4 Å². The van der Waals surface area contributed by atoms with Gasteiger partial charge in [-0.25, -0.2) is 4.98 Å². The molecule has 0 aliphatic rings. The van der Waals surface area contributed by atoms with Crippen LogP contribution in [0.5, 0.6) is 5.75 Å². The van der Waals surface area contributed by atoms with Crippen molar-refractivity contribution in [1.82, 2.24) is 9.55 Å². The van der Waals surface area contributed by atoms with Crippen LogP contribution in [0.15, 0.2) is 66.1 Å². The number of nitrogens with one attached hydrogen (secondary N) is 1. The van der Waals surface area contributed by atoms with Crippen molar-refractivity contribution in [3.63, 3.8) is 0 Å². The molecule has 26 heavy (non-hydrogen) atoms. The highest BCUT2D eigenvalue weighted by Crippen LogP contribution is 2.28. The summed E-state index contributed by atoms with van der Waals surface area (Å²) in [7, 11) is 1.63. The molecule has 1 atom stereocenters. The number of nitrogens with zero attached hydrogens (tertiary/aromatic N) is 2.